The van der Waals surface area contributed by atoms with Crippen molar-refractivity contribution in [2.24, 2.45) is 0 Å². The molecule has 2 rings (SSSR count). The summed E-state index contributed by atoms with van der Waals surface area (Å²) in [5.41, 5.74) is 2.74. The van der Waals surface area contributed by atoms with Gasteiger partial charge < -0.3 is 9.47 Å². The van der Waals surface area contributed by atoms with Crippen molar-refractivity contribution in [2.45, 2.75) is 46.0 Å². The lowest BCUT2D eigenvalue weighted by Gasteiger charge is -2.13. The van der Waals surface area contributed by atoms with E-state index >= 15 is 0 Å². The van der Waals surface area contributed by atoms with E-state index in [1.54, 1.807) is 11.6 Å². The van der Waals surface area contributed by atoms with Crippen LogP contribution in [-0.4, -0.2) is 29.0 Å². The number of carbonyl (C=O) groups excluding carboxylic acids is 1. The fourth-order valence-electron chi connectivity index (χ4n) is 2.64. The normalized spacial score (nSPS) is 12.0. The maximum absolute atomic E-state index is 12.3. The van der Waals surface area contributed by atoms with Crippen LogP contribution in [0.5, 0.6) is 5.75 Å². The fourth-order valence-corrected chi connectivity index (χ4v) is 3.05. The maximum Gasteiger partial charge on any atom is 0.359 e. The summed E-state index contributed by atoms with van der Waals surface area (Å²) in [4.78, 5) is 12.3. The molecule has 0 aliphatic carbocycles. The van der Waals surface area contributed by atoms with Crippen LogP contribution >= 0.6 is 11.6 Å². The second kappa shape index (κ2) is 8.90. The van der Waals surface area contributed by atoms with E-state index in [9.17, 15) is 4.79 Å². The smallest absolute Gasteiger partial charge is 0.359 e. The lowest BCUT2D eigenvalue weighted by atomic mass is 10.0. The average Bonchev–Trinajstić information content (AvgIpc) is 2.96. The van der Waals surface area contributed by atoms with E-state index in [0.717, 1.165) is 23.4 Å². The van der Waals surface area contributed by atoms with E-state index in [2.05, 4.69) is 12.0 Å². The van der Waals surface area contributed by atoms with Gasteiger partial charge >= 0.3 is 5.97 Å². The lowest BCUT2D eigenvalue weighted by Crippen LogP contribution is -2.10. The molecule has 0 N–H and O–H groups in total. The Morgan fingerprint density at radius 3 is 2.48 bits per heavy atom. The van der Waals surface area contributed by atoms with Crippen molar-refractivity contribution in [2.75, 3.05) is 13.2 Å². The predicted molar refractivity (Wildman–Crippen MR) is 98.5 cm³/mol. The molecule has 0 bridgehead atoms. The van der Waals surface area contributed by atoms with Crippen molar-refractivity contribution >= 4 is 17.6 Å². The molecule has 0 saturated carbocycles. The highest BCUT2D eigenvalue weighted by Crippen LogP contribution is 2.34. The highest BCUT2D eigenvalue weighted by atomic mass is 35.5. The molecule has 136 valence electrons. The fraction of sp³-hybridized carbons (Fsp3) is 0.474. The summed E-state index contributed by atoms with van der Waals surface area (Å²) in [5, 5.41) is 3.90. The maximum atomic E-state index is 12.3. The zero-order valence-electron chi connectivity index (χ0n) is 15.2. The highest BCUT2D eigenvalue weighted by molar-refractivity contribution is 6.23. The Morgan fingerprint density at radius 1 is 1.24 bits per heavy atom. The van der Waals surface area contributed by atoms with Crippen LogP contribution in [0.15, 0.2) is 24.3 Å². The van der Waals surface area contributed by atoms with Crippen molar-refractivity contribution in [1.82, 2.24) is 9.78 Å². The van der Waals surface area contributed by atoms with Crippen molar-refractivity contribution in [3.63, 3.8) is 0 Å². The second-order valence-corrected chi connectivity index (χ2v) is 6.10. The van der Waals surface area contributed by atoms with Crippen molar-refractivity contribution in [1.29, 1.82) is 0 Å². The molecule has 1 aromatic heterocycles. The largest absolute Gasteiger partial charge is 0.494 e. The number of esters is 1. The summed E-state index contributed by atoms with van der Waals surface area (Å²) in [6.45, 7) is 9.37. The summed E-state index contributed by atoms with van der Waals surface area (Å²) in [6.07, 6.45) is 0.957. The van der Waals surface area contributed by atoms with E-state index in [1.807, 2.05) is 38.1 Å². The molecule has 0 spiro atoms. The number of rotatable bonds is 8. The summed E-state index contributed by atoms with van der Waals surface area (Å²) in [7, 11) is 0. The SMILES string of the molecule is CCCOc1ccc(C(Cl)c2c(C(=O)OCC)nn(CC)c2C)cc1. The van der Waals surface area contributed by atoms with Gasteiger partial charge in [0.25, 0.3) is 0 Å². The van der Waals surface area contributed by atoms with Crippen LogP contribution in [0.1, 0.15) is 59.9 Å². The third kappa shape index (κ3) is 4.34. The van der Waals surface area contributed by atoms with Crippen LogP contribution in [0.25, 0.3) is 0 Å². The first kappa shape index (κ1) is 19.3. The van der Waals surface area contributed by atoms with Crippen molar-refractivity contribution < 1.29 is 14.3 Å². The molecule has 0 fully saturated rings. The third-order valence-corrected chi connectivity index (χ3v) is 4.39. The molecule has 0 amide bonds. The summed E-state index contributed by atoms with van der Waals surface area (Å²) in [6, 6.07) is 7.62. The first-order chi connectivity index (χ1) is 12.0. The van der Waals surface area contributed by atoms with Gasteiger partial charge in [0.15, 0.2) is 5.69 Å². The number of ether oxygens (including phenoxy) is 2. The van der Waals surface area contributed by atoms with E-state index in [4.69, 9.17) is 21.1 Å². The standard InChI is InChI=1S/C19H25ClN2O3/c1-5-12-25-15-10-8-14(9-11-15)17(20)16-13(4)22(6-2)21-18(16)19(23)24-7-3/h8-11,17H,5-7,12H2,1-4H3. The van der Waals surface area contributed by atoms with Crippen LogP contribution in [0, 0.1) is 6.92 Å². The second-order valence-electron chi connectivity index (χ2n) is 5.66. The predicted octanol–water partition coefficient (Wildman–Crippen LogP) is 4.51. The van der Waals surface area contributed by atoms with Gasteiger partial charge in [-0.1, -0.05) is 19.1 Å². The number of aromatic nitrogens is 2. The highest BCUT2D eigenvalue weighted by Gasteiger charge is 2.27. The Kier molecular flexibility index (Phi) is 6.88. The number of aryl methyl sites for hydroxylation is 1. The van der Waals surface area contributed by atoms with Gasteiger partial charge in [-0.2, -0.15) is 5.10 Å². The number of benzene rings is 1. The molecule has 0 aliphatic rings. The van der Waals surface area contributed by atoms with Gasteiger partial charge in [0, 0.05) is 17.8 Å². The molecule has 2 aromatic rings. The van der Waals surface area contributed by atoms with Gasteiger partial charge in [0.1, 0.15) is 5.75 Å². The molecular formula is C19H25ClN2O3. The number of carbonyl (C=O) groups is 1. The van der Waals surface area contributed by atoms with Crippen molar-refractivity contribution in [3.8, 4) is 5.75 Å². The minimum absolute atomic E-state index is 0.285. The minimum atomic E-state index is -0.486. The molecule has 0 saturated heterocycles. The molecule has 25 heavy (non-hydrogen) atoms. The Bertz CT molecular complexity index is 710. The Balaban J connectivity index is 2.35. The molecule has 1 heterocycles. The molecule has 1 atom stereocenters. The van der Waals surface area contributed by atoms with Crippen LogP contribution < -0.4 is 4.74 Å². The van der Waals surface area contributed by atoms with Gasteiger partial charge in [-0.15, -0.1) is 11.6 Å². The van der Waals surface area contributed by atoms with E-state index < -0.39 is 11.3 Å². The molecule has 6 heteroatoms. The third-order valence-electron chi connectivity index (χ3n) is 3.92. The Morgan fingerprint density at radius 2 is 1.92 bits per heavy atom. The summed E-state index contributed by atoms with van der Waals surface area (Å²) < 4.78 is 12.5. The number of halogens is 1. The monoisotopic (exact) mass is 364 g/mol. The summed E-state index contributed by atoms with van der Waals surface area (Å²) >= 11 is 6.71. The summed E-state index contributed by atoms with van der Waals surface area (Å²) in [5.74, 6) is 0.363. The minimum Gasteiger partial charge on any atom is -0.494 e. The van der Waals surface area contributed by atoms with Gasteiger partial charge in [-0.25, -0.2) is 4.79 Å². The van der Waals surface area contributed by atoms with Crippen LogP contribution in [0.3, 0.4) is 0 Å². The number of hydrogen-bond donors (Lipinski definition) is 0. The van der Waals surface area contributed by atoms with Gasteiger partial charge in [0.05, 0.1) is 18.6 Å². The zero-order valence-corrected chi connectivity index (χ0v) is 16.0. The quantitative estimate of drug-likeness (QED) is 0.511. The molecule has 1 unspecified atom stereocenters. The number of alkyl halides is 1. The average molecular weight is 365 g/mol. The van der Waals surface area contributed by atoms with E-state index in [0.29, 0.717) is 25.3 Å². The Hall–Kier alpha value is -2.01. The number of hydrogen-bond acceptors (Lipinski definition) is 4. The van der Waals surface area contributed by atoms with Gasteiger partial charge in [-0.3, -0.25) is 4.68 Å². The van der Waals surface area contributed by atoms with Crippen LogP contribution in [0.2, 0.25) is 0 Å². The molecule has 0 radical (unpaired) electrons. The first-order valence-corrected chi connectivity index (χ1v) is 9.08. The number of nitrogens with zero attached hydrogens (tertiary/aromatic N) is 2. The lowest BCUT2D eigenvalue weighted by molar-refractivity contribution is 0.0517. The zero-order chi connectivity index (χ0) is 18.4. The molecule has 5 nitrogen and oxygen atoms in total. The molecule has 1 aromatic carbocycles. The molecule has 0 aliphatic heterocycles. The topological polar surface area (TPSA) is 53.4 Å². The van der Waals surface area contributed by atoms with Crippen LogP contribution in [-0.2, 0) is 11.3 Å². The van der Waals surface area contributed by atoms with Gasteiger partial charge in [0.2, 0.25) is 0 Å². The van der Waals surface area contributed by atoms with Gasteiger partial charge in [-0.05, 0) is 44.9 Å². The van der Waals surface area contributed by atoms with E-state index in [-0.39, 0.29) is 5.69 Å². The first-order valence-electron chi connectivity index (χ1n) is 8.64. The van der Waals surface area contributed by atoms with Crippen molar-refractivity contribution in [3.05, 3.63) is 46.8 Å². The Labute approximate surface area is 153 Å². The molecular weight excluding hydrogens is 340 g/mol. The van der Waals surface area contributed by atoms with E-state index in [1.165, 1.54) is 0 Å². The van der Waals surface area contributed by atoms with Crippen LogP contribution in [0.4, 0.5) is 0 Å².